The lowest BCUT2D eigenvalue weighted by Gasteiger charge is -2.04. The molecule has 0 fully saturated rings. The molecular weight excluding hydrogens is 224 g/mol. The fraction of sp³-hybridized carbons (Fsp3) is 0. The second-order valence-electron chi connectivity index (χ2n) is 4.22. The van der Waals surface area contributed by atoms with E-state index in [0.717, 1.165) is 16.6 Å². The number of benzene rings is 2. The Labute approximate surface area is 104 Å². The Morgan fingerprint density at radius 1 is 0.944 bits per heavy atom. The van der Waals surface area contributed by atoms with Gasteiger partial charge in [0.05, 0.1) is 0 Å². The molecule has 1 heterocycles. The van der Waals surface area contributed by atoms with Gasteiger partial charge in [0, 0.05) is 22.3 Å². The number of anilines is 1. The van der Waals surface area contributed by atoms with Crippen LogP contribution in [0.4, 0.5) is 5.69 Å². The Bertz CT molecular complexity index is 775. The number of fused-ring (bicyclic) bond motifs is 1. The van der Waals surface area contributed by atoms with Crippen LogP contribution < -0.4 is 11.3 Å². The standard InChI is InChI=1S/C15H12N2O/c16-12-6-3-5-11(8-12)14-9-10-4-1-2-7-13(10)15(18)17-14/h1-9H,16H2,(H,17,18). The minimum atomic E-state index is -0.0782. The predicted molar refractivity (Wildman–Crippen MR) is 74.4 cm³/mol. The smallest absolute Gasteiger partial charge is 0.256 e. The molecule has 0 aliphatic heterocycles. The summed E-state index contributed by atoms with van der Waals surface area (Å²) in [6.07, 6.45) is 0. The normalized spacial score (nSPS) is 10.7. The first-order valence-electron chi connectivity index (χ1n) is 5.72. The molecule has 3 rings (SSSR count). The third-order valence-electron chi connectivity index (χ3n) is 2.95. The number of aromatic amines is 1. The number of rotatable bonds is 1. The number of hydrogen-bond acceptors (Lipinski definition) is 2. The molecule has 0 saturated heterocycles. The van der Waals surface area contributed by atoms with E-state index in [1.807, 2.05) is 54.6 Å². The summed E-state index contributed by atoms with van der Waals surface area (Å²) in [6, 6.07) is 17.0. The van der Waals surface area contributed by atoms with Crippen molar-refractivity contribution in [2.75, 3.05) is 5.73 Å². The van der Waals surface area contributed by atoms with Gasteiger partial charge in [0.1, 0.15) is 0 Å². The molecule has 0 amide bonds. The molecule has 88 valence electrons. The highest BCUT2D eigenvalue weighted by Gasteiger charge is 2.03. The van der Waals surface area contributed by atoms with Crippen LogP contribution in [0.5, 0.6) is 0 Å². The molecule has 3 aromatic rings. The number of nitrogen functional groups attached to an aromatic ring is 1. The first-order chi connectivity index (χ1) is 8.74. The molecule has 0 radical (unpaired) electrons. The van der Waals surface area contributed by atoms with E-state index in [2.05, 4.69) is 4.98 Å². The number of nitrogens with one attached hydrogen (secondary N) is 1. The highest BCUT2D eigenvalue weighted by molar-refractivity contribution is 5.85. The van der Waals surface area contributed by atoms with Crippen molar-refractivity contribution < 1.29 is 0 Å². The number of H-pyrrole nitrogens is 1. The fourth-order valence-electron chi connectivity index (χ4n) is 2.07. The first-order valence-corrected chi connectivity index (χ1v) is 5.72. The molecule has 0 atom stereocenters. The van der Waals surface area contributed by atoms with Gasteiger partial charge in [-0.05, 0) is 29.7 Å². The van der Waals surface area contributed by atoms with Crippen LogP contribution in [-0.2, 0) is 0 Å². The van der Waals surface area contributed by atoms with Crippen molar-refractivity contribution in [3.63, 3.8) is 0 Å². The van der Waals surface area contributed by atoms with Crippen LogP contribution in [0.2, 0.25) is 0 Å². The molecule has 3 nitrogen and oxygen atoms in total. The Morgan fingerprint density at radius 2 is 1.78 bits per heavy atom. The van der Waals surface area contributed by atoms with Crippen LogP contribution in [0.25, 0.3) is 22.0 Å². The minimum absolute atomic E-state index is 0.0782. The predicted octanol–water partition coefficient (Wildman–Crippen LogP) is 2.78. The molecule has 0 aliphatic rings. The summed E-state index contributed by atoms with van der Waals surface area (Å²) in [6.45, 7) is 0. The quantitative estimate of drug-likeness (QED) is 0.638. The van der Waals surface area contributed by atoms with E-state index < -0.39 is 0 Å². The van der Waals surface area contributed by atoms with Crippen LogP contribution in [0.3, 0.4) is 0 Å². The highest BCUT2D eigenvalue weighted by Crippen LogP contribution is 2.21. The van der Waals surface area contributed by atoms with E-state index in [1.54, 1.807) is 0 Å². The summed E-state index contributed by atoms with van der Waals surface area (Å²) in [5, 5.41) is 1.63. The van der Waals surface area contributed by atoms with Gasteiger partial charge in [0.25, 0.3) is 5.56 Å². The number of pyridine rings is 1. The van der Waals surface area contributed by atoms with Gasteiger partial charge in [-0.2, -0.15) is 0 Å². The average molecular weight is 236 g/mol. The zero-order valence-electron chi connectivity index (χ0n) is 9.68. The van der Waals surface area contributed by atoms with Crippen LogP contribution in [0.15, 0.2) is 59.4 Å². The Kier molecular flexibility index (Phi) is 2.38. The van der Waals surface area contributed by atoms with Crippen LogP contribution >= 0.6 is 0 Å². The average Bonchev–Trinajstić information content (AvgIpc) is 2.39. The van der Waals surface area contributed by atoms with Crippen molar-refractivity contribution in [1.29, 1.82) is 0 Å². The maximum absolute atomic E-state index is 12.0. The topological polar surface area (TPSA) is 58.9 Å². The van der Waals surface area contributed by atoms with Crippen molar-refractivity contribution in [2.45, 2.75) is 0 Å². The summed E-state index contributed by atoms with van der Waals surface area (Å²) < 4.78 is 0. The van der Waals surface area contributed by atoms with Gasteiger partial charge in [-0.1, -0.05) is 30.3 Å². The molecule has 18 heavy (non-hydrogen) atoms. The molecule has 1 aromatic heterocycles. The maximum Gasteiger partial charge on any atom is 0.256 e. The van der Waals surface area contributed by atoms with Crippen molar-refractivity contribution in [3.05, 3.63) is 65.0 Å². The van der Waals surface area contributed by atoms with E-state index in [9.17, 15) is 4.79 Å². The monoisotopic (exact) mass is 236 g/mol. The van der Waals surface area contributed by atoms with Crippen LogP contribution in [0, 0.1) is 0 Å². The molecular formula is C15H12N2O. The maximum atomic E-state index is 12.0. The molecule has 0 bridgehead atoms. The van der Waals surface area contributed by atoms with E-state index in [4.69, 9.17) is 5.73 Å². The van der Waals surface area contributed by atoms with Gasteiger partial charge in [0.15, 0.2) is 0 Å². The second-order valence-corrected chi connectivity index (χ2v) is 4.22. The Morgan fingerprint density at radius 3 is 2.61 bits per heavy atom. The number of aromatic nitrogens is 1. The van der Waals surface area contributed by atoms with Crippen molar-refractivity contribution in [2.24, 2.45) is 0 Å². The van der Waals surface area contributed by atoms with Crippen molar-refractivity contribution in [1.82, 2.24) is 4.98 Å². The van der Waals surface area contributed by atoms with Gasteiger partial charge >= 0.3 is 0 Å². The number of nitrogens with two attached hydrogens (primary N) is 1. The summed E-state index contributed by atoms with van der Waals surface area (Å²) in [5.41, 5.74) is 8.06. The van der Waals surface area contributed by atoms with Crippen molar-refractivity contribution in [3.8, 4) is 11.3 Å². The Balaban J connectivity index is 2.28. The fourth-order valence-corrected chi connectivity index (χ4v) is 2.07. The van der Waals surface area contributed by atoms with E-state index in [-0.39, 0.29) is 5.56 Å². The third-order valence-corrected chi connectivity index (χ3v) is 2.95. The molecule has 0 unspecified atom stereocenters. The SMILES string of the molecule is Nc1cccc(-c2cc3ccccc3c(=O)[nH]2)c1. The van der Waals surface area contributed by atoms with E-state index in [0.29, 0.717) is 11.1 Å². The van der Waals surface area contributed by atoms with Gasteiger partial charge < -0.3 is 10.7 Å². The molecule has 0 aliphatic carbocycles. The van der Waals surface area contributed by atoms with Gasteiger partial charge in [-0.15, -0.1) is 0 Å². The second kappa shape index (κ2) is 4.04. The lowest BCUT2D eigenvalue weighted by atomic mass is 10.1. The van der Waals surface area contributed by atoms with Crippen LogP contribution in [0.1, 0.15) is 0 Å². The van der Waals surface area contributed by atoms with Gasteiger partial charge in [0.2, 0.25) is 0 Å². The zero-order valence-corrected chi connectivity index (χ0v) is 9.68. The highest BCUT2D eigenvalue weighted by atomic mass is 16.1. The summed E-state index contributed by atoms with van der Waals surface area (Å²) in [5.74, 6) is 0. The van der Waals surface area contributed by atoms with Crippen LogP contribution in [-0.4, -0.2) is 4.98 Å². The number of hydrogen-bond donors (Lipinski definition) is 2. The summed E-state index contributed by atoms with van der Waals surface area (Å²) >= 11 is 0. The molecule has 0 spiro atoms. The summed E-state index contributed by atoms with van der Waals surface area (Å²) in [4.78, 5) is 14.9. The molecule has 3 N–H and O–H groups in total. The minimum Gasteiger partial charge on any atom is -0.399 e. The molecule has 3 heteroatoms. The largest absolute Gasteiger partial charge is 0.399 e. The van der Waals surface area contributed by atoms with E-state index >= 15 is 0 Å². The third kappa shape index (κ3) is 1.76. The van der Waals surface area contributed by atoms with Crippen molar-refractivity contribution >= 4 is 16.5 Å². The zero-order chi connectivity index (χ0) is 12.5. The van der Waals surface area contributed by atoms with Gasteiger partial charge in [-0.25, -0.2) is 0 Å². The molecule has 0 saturated carbocycles. The van der Waals surface area contributed by atoms with Gasteiger partial charge in [-0.3, -0.25) is 4.79 Å². The molecule has 2 aromatic carbocycles. The first kappa shape index (κ1) is 10.6. The lowest BCUT2D eigenvalue weighted by molar-refractivity contribution is 1.28. The summed E-state index contributed by atoms with van der Waals surface area (Å²) in [7, 11) is 0. The Hall–Kier alpha value is -2.55. The van der Waals surface area contributed by atoms with E-state index in [1.165, 1.54) is 0 Å². The lowest BCUT2D eigenvalue weighted by Crippen LogP contribution is -2.07.